The van der Waals surface area contributed by atoms with Crippen molar-refractivity contribution in [1.29, 1.82) is 0 Å². The Morgan fingerprint density at radius 3 is 2.55 bits per heavy atom. The summed E-state index contributed by atoms with van der Waals surface area (Å²) in [7, 11) is 0. The van der Waals surface area contributed by atoms with Crippen molar-refractivity contribution in [2.75, 3.05) is 5.32 Å². The van der Waals surface area contributed by atoms with Crippen LogP contribution in [0.3, 0.4) is 0 Å². The molecule has 3 N–H and O–H groups in total. The van der Waals surface area contributed by atoms with E-state index in [9.17, 15) is 0 Å². The molecule has 3 aliphatic rings. The van der Waals surface area contributed by atoms with E-state index < -0.39 is 0 Å². The lowest BCUT2D eigenvalue weighted by molar-refractivity contribution is 0.345. The Bertz CT molecular complexity index is 485. The van der Waals surface area contributed by atoms with Crippen LogP contribution in [0.4, 0.5) is 5.82 Å². The zero-order valence-corrected chi connectivity index (χ0v) is 12.0. The molecule has 4 rings (SSSR count). The third-order valence-electron chi connectivity index (χ3n) is 5.58. The first-order valence-corrected chi connectivity index (χ1v) is 8.11. The molecule has 0 amide bonds. The van der Waals surface area contributed by atoms with Gasteiger partial charge in [0.1, 0.15) is 12.1 Å². The zero-order chi connectivity index (χ0) is 13.6. The SMILES string of the molecule is NC1CC(c2cc(NC3(C4CCCC4)CC3)ncn2)C1. The summed E-state index contributed by atoms with van der Waals surface area (Å²) < 4.78 is 0. The summed E-state index contributed by atoms with van der Waals surface area (Å²) in [5.41, 5.74) is 7.41. The summed E-state index contributed by atoms with van der Waals surface area (Å²) in [6, 6.07) is 2.53. The third kappa shape index (κ3) is 2.20. The van der Waals surface area contributed by atoms with E-state index in [4.69, 9.17) is 5.73 Å². The first-order valence-electron chi connectivity index (χ1n) is 8.11. The fraction of sp³-hybridized carbons (Fsp3) is 0.750. The zero-order valence-electron chi connectivity index (χ0n) is 12.0. The van der Waals surface area contributed by atoms with Gasteiger partial charge >= 0.3 is 0 Å². The number of nitrogens with two attached hydrogens (primary N) is 1. The molecule has 0 aromatic carbocycles. The van der Waals surface area contributed by atoms with Gasteiger partial charge < -0.3 is 11.1 Å². The van der Waals surface area contributed by atoms with E-state index in [1.807, 2.05) is 0 Å². The molecule has 3 fully saturated rings. The minimum atomic E-state index is 0.359. The van der Waals surface area contributed by atoms with Crippen LogP contribution in [0.2, 0.25) is 0 Å². The average Bonchev–Trinajstić information content (AvgIpc) is 2.99. The van der Waals surface area contributed by atoms with E-state index in [0.717, 1.165) is 24.6 Å². The van der Waals surface area contributed by atoms with Crippen LogP contribution >= 0.6 is 0 Å². The lowest BCUT2D eigenvalue weighted by Gasteiger charge is -2.32. The highest BCUT2D eigenvalue weighted by molar-refractivity contribution is 5.42. The summed E-state index contributed by atoms with van der Waals surface area (Å²) in [5, 5.41) is 3.74. The van der Waals surface area contributed by atoms with E-state index in [-0.39, 0.29) is 0 Å². The van der Waals surface area contributed by atoms with E-state index in [2.05, 4.69) is 21.4 Å². The van der Waals surface area contributed by atoms with E-state index in [1.54, 1.807) is 6.33 Å². The number of nitrogens with zero attached hydrogens (tertiary/aromatic N) is 2. The second kappa shape index (κ2) is 4.69. The third-order valence-corrected chi connectivity index (χ3v) is 5.58. The second-order valence-electron chi connectivity index (χ2n) is 7.02. The molecule has 0 aliphatic heterocycles. The number of hydrogen-bond acceptors (Lipinski definition) is 4. The molecule has 20 heavy (non-hydrogen) atoms. The highest BCUT2D eigenvalue weighted by atomic mass is 15.1. The number of rotatable bonds is 4. The van der Waals surface area contributed by atoms with Crippen LogP contribution < -0.4 is 11.1 Å². The van der Waals surface area contributed by atoms with Gasteiger partial charge in [-0.3, -0.25) is 0 Å². The van der Waals surface area contributed by atoms with Crippen LogP contribution in [-0.4, -0.2) is 21.5 Å². The molecule has 1 aromatic rings. The van der Waals surface area contributed by atoms with Crippen molar-refractivity contribution in [3.63, 3.8) is 0 Å². The van der Waals surface area contributed by atoms with E-state index >= 15 is 0 Å². The van der Waals surface area contributed by atoms with Gasteiger partial charge in [0.15, 0.2) is 0 Å². The average molecular weight is 272 g/mol. The quantitative estimate of drug-likeness (QED) is 0.884. The Kier molecular flexibility index (Phi) is 2.95. The maximum Gasteiger partial charge on any atom is 0.130 e. The molecule has 0 bridgehead atoms. The summed E-state index contributed by atoms with van der Waals surface area (Å²) in [6.07, 6.45) is 12.1. The molecule has 1 aromatic heterocycles. The fourth-order valence-corrected chi connectivity index (χ4v) is 4.07. The summed E-state index contributed by atoms with van der Waals surface area (Å²) >= 11 is 0. The standard InChI is InChI=1S/C16H24N4/c17-13-7-11(8-13)14-9-15(19-10-18-14)20-16(5-6-16)12-3-1-2-4-12/h9-13H,1-8,17H2,(H,18,19,20). The van der Waals surface area contributed by atoms with Crippen LogP contribution in [0.1, 0.15) is 63.0 Å². The monoisotopic (exact) mass is 272 g/mol. The predicted octanol–water partition coefficient (Wildman–Crippen LogP) is 2.82. The summed E-state index contributed by atoms with van der Waals surface area (Å²) in [5.74, 6) is 2.44. The summed E-state index contributed by atoms with van der Waals surface area (Å²) in [6.45, 7) is 0. The van der Waals surface area contributed by atoms with E-state index in [1.165, 1.54) is 44.2 Å². The van der Waals surface area contributed by atoms with Gasteiger partial charge in [0.05, 0.1) is 0 Å². The minimum absolute atomic E-state index is 0.359. The molecule has 0 atom stereocenters. The molecule has 0 unspecified atom stereocenters. The Hall–Kier alpha value is -1.16. The summed E-state index contributed by atoms with van der Waals surface area (Å²) in [4.78, 5) is 8.88. The van der Waals surface area contributed by atoms with Crippen molar-refractivity contribution in [3.05, 3.63) is 18.1 Å². The molecule has 1 heterocycles. The molecule has 0 spiro atoms. The molecular formula is C16H24N4. The highest BCUT2D eigenvalue weighted by Crippen LogP contribution is 2.51. The number of anilines is 1. The Morgan fingerprint density at radius 1 is 1.15 bits per heavy atom. The van der Waals surface area contributed by atoms with Crippen molar-refractivity contribution >= 4 is 5.82 Å². The number of nitrogens with one attached hydrogen (secondary N) is 1. The van der Waals surface area contributed by atoms with Gasteiger partial charge in [0.25, 0.3) is 0 Å². The lowest BCUT2D eigenvalue weighted by Crippen LogP contribution is -2.35. The molecule has 3 aliphatic carbocycles. The van der Waals surface area contributed by atoms with Gasteiger partial charge in [-0.05, 0) is 44.4 Å². The van der Waals surface area contributed by atoms with Crippen LogP contribution in [0, 0.1) is 5.92 Å². The molecule has 108 valence electrons. The Balaban J connectivity index is 1.47. The fourth-order valence-electron chi connectivity index (χ4n) is 4.07. The van der Waals surface area contributed by atoms with Crippen LogP contribution in [0.25, 0.3) is 0 Å². The molecule has 3 saturated carbocycles. The topological polar surface area (TPSA) is 63.8 Å². The molecule has 0 saturated heterocycles. The largest absolute Gasteiger partial charge is 0.364 e. The van der Waals surface area contributed by atoms with E-state index in [0.29, 0.717) is 17.5 Å². The van der Waals surface area contributed by atoms with Crippen molar-refractivity contribution in [1.82, 2.24) is 9.97 Å². The van der Waals surface area contributed by atoms with Crippen molar-refractivity contribution < 1.29 is 0 Å². The molecule has 4 nitrogen and oxygen atoms in total. The first-order chi connectivity index (χ1) is 9.75. The highest BCUT2D eigenvalue weighted by Gasteiger charge is 2.50. The molecule has 0 radical (unpaired) electrons. The van der Waals surface area contributed by atoms with Crippen LogP contribution in [-0.2, 0) is 0 Å². The van der Waals surface area contributed by atoms with Crippen LogP contribution in [0.5, 0.6) is 0 Å². The van der Waals surface area contributed by atoms with Gasteiger partial charge in [0, 0.05) is 29.3 Å². The smallest absolute Gasteiger partial charge is 0.130 e. The van der Waals surface area contributed by atoms with Crippen molar-refractivity contribution in [3.8, 4) is 0 Å². The normalized spacial score (nSPS) is 31.9. The van der Waals surface area contributed by atoms with Gasteiger partial charge in [-0.1, -0.05) is 12.8 Å². The predicted molar refractivity (Wildman–Crippen MR) is 79.5 cm³/mol. The van der Waals surface area contributed by atoms with Crippen LogP contribution in [0.15, 0.2) is 12.4 Å². The van der Waals surface area contributed by atoms with Crippen molar-refractivity contribution in [2.24, 2.45) is 11.7 Å². The lowest BCUT2D eigenvalue weighted by atomic mass is 9.78. The number of aromatic nitrogens is 2. The van der Waals surface area contributed by atoms with Crippen molar-refractivity contribution in [2.45, 2.75) is 68.9 Å². The minimum Gasteiger partial charge on any atom is -0.364 e. The van der Waals surface area contributed by atoms with Gasteiger partial charge in [-0.25, -0.2) is 9.97 Å². The molecule has 4 heteroatoms. The number of hydrogen-bond donors (Lipinski definition) is 2. The molecular weight excluding hydrogens is 248 g/mol. The maximum atomic E-state index is 5.88. The van der Waals surface area contributed by atoms with Gasteiger partial charge in [-0.2, -0.15) is 0 Å². The maximum absolute atomic E-state index is 5.88. The van der Waals surface area contributed by atoms with Gasteiger partial charge in [0.2, 0.25) is 0 Å². The first kappa shape index (κ1) is 12.6. The Morgan fingerprint density at radius 2 is 1.90 bits per heavy atom. The van der Waals surface area contributed by atoms with Gasteiger partial charge in [-0.15, -0.1) is 0 Å². The second-order valence-corrected chi connectivity index (χ2v) is 7.02. The Labute approximate surface area is 120 Å².